The quantitative estimate of drug-likeness (QED) is 0.0840. The number of ether oxygens (including phenoxy) is 3. The number of hydrogen-bond donors (Lipinski definition) is 3. The van der Waals surface area contributed by atoms with E-state index >= 15 is 0 Å². The molecule has 1 aliphatic carbocycles. The Balaban J connectivity index is 1.84. The summed E-state index contributed by atoms with van der Waals surface area (Å²) < 4.78 is 44.8. The van der Waals surface area contributed by atoms with E-state index in [1.807, 2.05) is 0 Å². The van der Waals surface area contributed by atoms with Crippen molar-refractivity contribution in [1.29, 1.82) is 0 Å². The summed E-state index contributed by atoms with van der Waals surface area (Å²) in [4.78, 5) is 29.1. The van der Waals surface area contributed by atoms with Crippen molar-refractivity contribution in [3.05, 3.63) is 30.3 Å². The standard InChI is InChI=1S/C27H39N5O7S/c1-37-23-15-18-11-12-21(14-19(18)16-24(23)38-2)40(35,36)32(20-8-5-3-4-6-9-20)17-25(33)39-26(34)22(28)10-7-13-31-27(29)30/h11-12,14-16,20,22H,3-10,13,17,28H2,1-2H3,(H4,29,30,31)/t22-/m0/s1. The lowest BCUT2D eigenvalue weighted by atomic mass is 10.1. The monoisotopic (exact) mass is 577 g/mol. The van der Waals surface area contributed by atoms with Gasteiger partial charge in [0.15, 0.2) is 17.5 Å². The third-order valence-electron chi connectivity index (χ3n) is 6.92. The van der Waals surface area contributed by atoms with Crippen LogP contribution in [0.2, 0.25) is 0 Å². The van der Waals surface area contributed by atoms with E-state index in [0.717, 1.165) is 31.1 Å². The number of fused-ring (bicyclic) bond motifs is 1. The molecule has 0 amide bonds. The number of carbonyl (C=O) groups is 2. The molecule has 2 aromatic rings. The zero-order chi connectivity index (χ0) is 29.3. The second-order valence-corrected chi connectivity index (χ2v) is 11.7. The van der Waals surface area contributed by atoms with Crippen molar-refractivity contribution in [2.24, 2.45) is 22.2 Å². The summed E-state index contributed by atoms with van der Waals surface area (Å²) in [6, 6.07) is 6.69. The van der Waals surface area contributed by atoms with Gasteiger partial charge in [0.05, 0.1) is 19.1 Å². The number of aliphatic imine (C=N–C) groups is 1. The highest BCUT2D eigenvalue weighted by Gasteiger charge is 2.35. The number of rotatable bonds is 12. The average Bonchev–Trinajstić information content (AvgIpc) is 3.21. The molecule has 0 bridgehead atoms. The van der Waals surface area contributed by atoms with Crippen LogP contribution < -0.4 is 26.7 Å². The molecule has 1 atom stereocenters. The summed E-state index contributed by atoms with van der Waals surface area (Å²) in [5, 5.41) is 1.39. The lowest BCUT2D eigenvalue weighted by molar-refractivity contribution is -0.161. The first-order chi connectivity index (χ1) is 19.1. The van der Waals surface area contributed by atoms with Gasteiger partial charge in [0.25, 0.3) is 0 Å². The number of esters is 2. The molecule has 3 rings (SSSR count). The van der Waals surface area contributed by atoms with Crippen molar-refractivity contribution >= 4 is 38.7 Å². The van der Waals surface area contributed by atoms with Crippen molar-refractivity contribution < 1.29 is 32.2 Å². The van der Waals surface area contributed by atoms with Crippen LogP contribution in [0.5, 0.6) is 11.5 Å². The smallest absolute Gasteiger partial charge is 0.330 e. The average molecular weight is 578 g/mol. The molecule has 12 nitrogen and oxygen atoms in total. The molecular weight excluding hydrogens is 538 g/mol. The third kappa shape index (κ3) is 8.05. The lowest BCUT2D eigenvalue weighted by Crippen LogP contribution is -2.45. The first-order valence-corrected chi connectivity index (χ1v) is 14.7. The molecule has 2 aromatic carbocycles. The molecule has 1 aliphatic rings. The van der Waals surface area contributed by atoms with Gasteiger partial charge in [0.1, 0.15) is 12.6 Å². The summed E-state index contributed by atoms with van der Waals surface area (Å²) in [6.07, 6.45) is 5.44. The SMILES string of the molecule is COc1cc2ccc(S(=O)(=O)N(CC(=O)OC(=O)[C@@H](N)CCCN=C(N)N)C3CCCCCC3)cc2cc1OC. The highest BCUT2D eigenvalue weighted by molar-refractivity contribution is 7.89. The topological polar surface area (TPSA) is 190 Å². The van der Waals surface area contributed by atoms with Gasteiger partial charge < -0.3 is 31.4 Å². The van der Waals surface area contributed by atoms with Crippen LogP contribution in [0, 0.1) is 0 Å². The van der Waals surface area contributed by atoms with Crippen molar-refractivity contribution in [3.63, 3.8) is 0 Å². The first-order valence-electron chi connectivity index (χ1n) is 13.3. The Kier molecular flexibility index (Phi) is 11.1. The molecule has 220 valence electrons. The van der Waals surface area contributed by atoms with Gasteiger partial charge in [0.2, 0.25) is 10.0 Å². The molecule has 1 saturated carbocycles. The minimum Gasteiger partial charge on any atom is -0.493 e. The van der Waals surface area contributed by atoms with Gasteiger partial charge in [-0.05, 0) is 60.7 Å². The van der Waals surface area contributed by atoms with E-state index in [1.165, 1.54) is 24.6 Å². The van der Waals surface area contributed by atoms with Crippen LogP contribution in [0.4, 0.5) is 0 Å². The summed E-state index contributed by atoms with van der Waals surface area (Å²) in [6.45, 7) is -0.335. The number of nitrogens with two attached hydrogens (primary N) is 3. The van der Waals surface area contributed by atoms with Gasteiger partial charge in [-0.1, -0.05) is 31.7 Å². The Bertz CT molecular complexity index is 1320. The molecule has 6 N–H and O–H groups in total. The van der Waals surface area contributed by atoms with Gasteiger partial charge in [-0.3, -0.25) is 9.79 Å². The Morgan fingerprint density at radius 1 is 1.00 bits per heavy atom. The van der Waals surface area contributed by atoms with E-state index in [4.69, 9.17) is 31.4 Å². The molecule has 0 aliphatic heterocycles. The van der Waals surface area contributed by atoms with E-state index < -0.39 is 40.6 Å². The zero-order valence-electron chi connectivity index (χ0n) is 23.0. The van der Waals surface area contributed by atoms with Gasteiger partial charge >= 0.3 is 11.9 Å². The zero-order valence-corrected chi connectivity index (χ0v) is 23.8. The molecule has 0 heterocycles. The van der Waals surface area contributed by atoms with Crippen LogP contribution in [-0.4, -0.2) is 70.0 Å². The maximum Gasteiger partial charge on any atom is 0.330 e. The fourth-order valence-corrected chi connectivity index (χ4v) is 6.46. The molecular formula is C27H39N5O7S. The Morgan fingerprint density at radius 2 is 1.62 bits per heavy atom. The second-order valence-electron chi connectivity index (χ2n) is 9.76. The van der Waals surface area contributed by atoms with Crippen LogP contribution in [0.1, 0.15) is 51.4 Å². The maximum absolute atomic E-state index is 14.0. The molecule has 0 unspecified atom stereocenters. The van der Waals surface area contributed by atoms with E-state index in [9.17, 15) is 18.0 Å². The Hall–Kier alpha value is -3.42. The first kappa shape index (κ1) is 31.1. The number of nitrogens with zero attached hydrogens (tertiary/aromatic N) is 2. The molecule has 1 fully saturated rings. The van der Waals surface area contributed by atoms with Crippen LogP contribution in [0.3, 0.4) is 0 Å². The minimum atomic E-state index is -4.14. The molecule has 0 saturated heterocycles. The Morgan fingerprint density at radius 3 is 2.23 bits per heavy atom. The van der Waals surface area contributed by atoms with Crippen LogP contribution in [0.15, 0.2) is 40.2 Å². The number of sulfonamides is 1. The highest BCUT2D eigenvalue weighted by Crippen LogP contribution is 2.34. The van der Waals surface area contributed by atoms with Crippen LogP contribution in [-0.2, 0) is 24.3 Å². The second kappa shape index (κ2) is 14.3. The van der Waals surface area contributed by atoms with Crippen LogP contribution >= 0.6 is 0 Å². The van der Waals surface area contributed by atoms with Crippen molar-refractivity contribution in [2.75, 3.05) is 27.3 Å². The lowest BCUT2D eigenvalue weighted by Gasteiger charge is -2.29. The van der Waals surface area contributed by atoms with Gasteiger partial charge in [-0.15, -0.1) is 0 Å². The Labute approximate surface area is 234 Å². The van der Waals surface area contributed by atoms with E-state index in [2.05, 4.69) is 4.99 Å². The number of benzene rings is 2. The molecule has 0 radical (unpaired) electrons. The third-order valence-corrected chi connectivity index (χ3v) is 8.82. The van der Waals surface area contributed by atoms with Gasteiger partial charge in [-0.2, -0.15) is 4.31 Å². The number of hydrogen-bond acceptors (Lipinski definition) is 9. The minimum absolute atomic E-state index is 0.0204. The fraction of sp³-hybridized carbons (Fsp3) is 0.519. The van der Waals surface area contributed by atoms with Gasteiger partial charge in [-0.25, -0.2) is 13.2 Å². The fourth-order valence-electron chi connectivity index (χ4n) is 4.79. The largest absolute Gasteiger partial charge is 0.493 e. The molecule has 0 aromatic heterocycles. The maximum atomic E-state index is 14.0. The molecule has 40 heavy (non-hydrogen) atoms. The summed E-state index contributed by atoms with van der Waals surface area (Å²) in [5.41, 5.74) is 16.4. The van der Waals surface area contributed by atoms with Crippen molar-refractivity contribution in [2.45, 2.75) is 68.3 Å². The van der Waals surface area contributed by atoms with Crippen LogP contribution in [0.25, 0.3) is 10.8 Å². The van der Waals surface area contributed by atoms with E-state index in [0.29, 0.717) is 36.1 Å². The van der Waals surface area contributed by atoms with E-state index in [1.54, 1.807) is 24.3 Å². The highest BCUT2D eigenvalue weighted by atomic mass is 32.2. The summed E-state index contributed by atoms with van der Waals surface area (Å²) in [5.74, 6) is -1.00. The van der Waals surface area contributed by atoms with Crippen molar-refractivity contribution in [1.82, 2.24) is 4.31 Å². The summed E-state index contributed by atoms with van der Waals surface area (Å²) >= 11 is 0. The molecule has 0 spiro atoms. The van der Waals surface area contributed by atoms with Crippen molar-refractivity contribution in [3.8, 4) is 11.5 Å². The number of methoxy groups -OCH3 is 2. The molecule has 13 heteroatoms. The van der Waals surface area contributed by atoms with E-state index in [-0.39, 0.29) is 23.8 Å². The number of guanidine groups is 1. The predicted molar refractivity (Wildman–Crippen MR) is 151 cm³/mol. The number of carbonyl (C=O) groups excluding carboxylic acids is 2. The normalized spacial score (nSPS) is 15.3. The van der Waals surface area contributed by atoms with Gasteiger partial charge in [0, 0.05) is 12.6 Å². The summed E-state index contributed by atoms with van der Waals surface area (Å²) in [7, 11) is -1.12. The predicted octanol–water partition coefficient (Wildman–Crippen LogP) is 2.02.